The van der Waals surface area contributed by atoms with E-state index in [9.17, 15) is 4.79 Å². The van der Waals surface area contributed by atoms with Crippen LogP contribution >= 0.6 is 11.3 Å². The lowest BCUT2D eigenvalue weighted by Crippen LogP contribution is -2.08. The van der Waals surface area contributed by atoms with E-state index in [0.717, 1.165) is 0 Å². The number of thiophene rings is 1. The number of carbonyl (C=O) groups excluding carboxylic acids is 1. The first-order valence-electron chi connectivity index (χ1n) is 3.71. The Hall–Kier alpha value is -1.49. The molecule has 0 saturated heterocycles. The third-order valence-corrected chi connectivity index (χ3v) is 2.53. The van der Waals surface area contributed by atoms with Crippen LogP contribution in [0.5, 0.6) is 0 Å². The number of carbonyl (C=O) groups is 1. The van der Waals surface area contributed by atoms with Crippen LogP contribution in [-0.2, 0) is 7.05 Å². The van der Waals surface area contributed by atoms with Gasteiger partial charge in [-0.15, -0.1) is 11.3 Å². The van der Waals surface area contributed by atoms with Crippen molar-refractivity contribution in [1.29, 1.82) is 0 Å². The molecule has 0 aliphatic carbocycles. The molecule has 0 fully saturated rings. The number of hydrogen-bond acceptors (Lipinski definition) is 4. The van der Waals surface area contributed by atoms with Crippen LogP contribution in [-0.4, -0.2) is 20.5 Å². The lowest BCUT2D eigenvalue weighted by molar-refractivity contribution is 0.102. The summed E-state index contributed by atoms with van der Waals surface area (Å²) in [5, 5.41) is 5.70. The van der Waals surface area contributed by atoms with Gasteiger partial charge in [-0.25, -0.2) is 9.67 Å². The molecule has 0 aromatic carbocycles. The lowest BCUT2D eigenvalue weighted by Gasteiger charge is -1.95. The topological polar surface area (TPSA) is 47.8 Å². The monoisotopic (exact) mass is 193 g/mol. The molecule has 0 bridgehead atoms. The molecular weight excluding hydrogens is 186 g/mol. The largest absolute Gasteiger partial charge is 0.284 e. The van der Waals surface area contributed by atoms with E-state index < -0.39 is 0 Å². The number of aryl methyl sites for hydroxylation is 1. The summed E-state index contributed by atoms with van der Waals surface area (Å²) >= 11 is 1.41. The van der Waals surface area contributed by atoms with Crippen LogP contribution in [0.2, 0.25) is 0 Å². The normalized spacial score (nSPS) is 10.2. The molecule has 2 aromatic rings. The van der Waals surface area contributed by atoms with Crippen molar-refractivity contribution < 1.29 is 4.79 Å². The van der Waals surface area contributed by atoms with Gasteiger partial charge in [-0.3, -0.25) is 4.79 Å². The molecule has 2 rings (SSSR count). The van der Waals surface area contributed by atoms with Gasteiger partial charge in [0, 0.05) is 7.05 Å². The van der Waals surface area contributed by atoms with E-state index in [-0.39, 0.29) is 5.78 Å². The van der Waals surface area contributed by atoms with Gasteiger partial charge in [-0.1, -0.05) is 6.07 Å². The SMILES string of the molecule is Cn1ncnc1C(=O)c1cccs1. The van der Waals surface area contributed by atoms with E-state index >= 15 is 0 Å². The highest BCUT2D eigenvalue weighted by Gasteiger charge is 2.14. The summed E-state index contributed by atoms with van der Waals surface area (Å²) < 4.78 is 1.47. The van der Waals surface area contributed by atoms with Crippen LogP contribution in [0.3, 0.4) is 0 Å². The molecule has 5 heteroatoms. The van der Waals surface area contributed by atoms with E-state index in [1.807, 2.05) is 11.4 Å². The highest BCUT2D eigenvalue weighted by atomic mass is 32.1. The number of nitrogens with zero attached hydrogens (tertiary/aromatic N) is 3. The molecular formula is C8H7N3OS. The van der Waals surface area contributed by atoms with Gasteiger partial charge in [-0.05, 0) is 11.4 Å². The van der Waals surface area contributed by atoms with Crippen LogP contribution < -0.4 is 0 Å². The molecule has 2 aromatic heterocycles. The van der Waals surface area contributed by atoms with Crippen molar-refractivity contribution in [3.63, 3.8) is 0 Å². The van der Waals surface area contributed by atoms with Crippen molar-refractivity contribution in [1.82, 2.24) is 14.8 Å². The van der Waals surface area contributed by atoms with E-state index in [0.29, 0.717) is 10.7 Å². The quantitative estimate of drug-likeness (QED) is 0.671. The maximum absolute atomic E-state index is 11.7. The predicted molar refractivity (Wildman–Crippen MR) is 48.8 cm³/mol. The van der Waals surface area contributed by atoms with E-state index in [2.05, 4.69) is 10.1 Å². The van der Waals surface area contributed by atoms with E-state index in [1.54, 1.807) is 13.1 Å². The van der Waals surface area contributed by atoms with E-state index in [4.69, 9.17) is 0 Å². The summed E-state index contributed by atoms with van der Waals surface area (Å²) in [5.41, 5.74) is 0. The van der Waals surface area contributed by atoms with Crippen molar-refractivity contribution in [2.24, 2.45) is 7.05 Å². The lowest BCUT2D eigenvalue weighted by atomic mass is 10.3. The Morgan fingerprint density at radius 1 is 1.62 bits per heavy atom. The number of ketones is 1. The molecule has 2 heterocycles. The first-order valence-corrected chi connectivity index (χ1v) is 4.59. The average Bonchev–Trinajstić information content (AvgIpc) is 2.72. The first kappa shape index (κ1) is 8.12. The molecule has 4 nitrogen and oxygen atoms in total. The second-order valence-corrected chi connectivity index (χ2v) is 3.46. The summed E-state index contributed by atoms with van der Waals surface area (Å²) in [6.07, 6.45) is 1.38. The molecule has 0 radical (unpaired) electrons. The summed E-state index contributed by atoms with van der Waals surface area (Å²) in [7, 11) is 1.70. The summed E-state index contributed by atoms with van der Waals surface area (Å²) in [6, 6.07) is 3.62. The highest BCUT2D eigenvalue weighted by Crippen LogP contribution is 2.12. The zero-order chi connectivity index (χ0) is 9.26. The number of rotatable bonds is 2. The van der Waals surface area contributed by atoms with Crippen LogP contribution in [0.4, 0.5) is 0 Å². The molecule has 66 valence electrons. The van der Waals surface area contributed by atoms with Crippen LogP contribution in [0.25, 0.3) is 0 Å². The summed E-state index contributed by atoms with van der Waals surface area (Å²) in [6.45, 7) is 0. The van der Waals surface area contributed by atoms with Crippen LogP contribution in [0, 0.1) is 0 Å². The predicted octanol–water partition coefficient (Wildman–Crippen LogP) is 1.11. The molecule has 0 spiro atoms. The Bertz CT molecular complexity index is 418. The molecule has 0 aliphatic rings. The van der Waals surface area contributed by atoms with Gasteiger partial charge in [0.1, 0.15) is 6.33 Å². The fourth-order valence-corrected chi connectivity index (χ4v) is 1.68. The second kappa shape index (κ2) is 3.10. The van der Waals surface area contributed by atoms with Crippen molar-refractivity contribution in [3.05, 3.63) is 34.5 Å². The van der Waals surface area contributed by atoms with Gasteiger partial charge in [0.15, 0.2) is 5.82 Å². The first-order chi connectivity index (χ1) is 6.29. The minimum absolute atomic E-state index is 0.0741. The molecule has 0 amide bonds. The fraction of sp³-hybridized carbons (Fsp3) is 0.125. The van der Waals surface area contributed by atoms with Gasteiger partial charge < -0.3 is 0 Å². The van der Waals surface area contributed by atoms with Gasteiger partial charge in [-0.2, -0.15) is 5.10 Å². The molecule has 13 heavy (non-hydrogen) atoms. The maximum Gasteiger partial charge on any atom is 0.239 e. The van der Waals surface area contributed by atoms with Crippen molar-refractivity contribution in [2.75, 3.05) is 0 Å². The molecule has 0 saturated carbocycles. The number of hydrogen-bond donors (Lipinski definition) is 0. The zero-order valence-corrected chi connectivity index (χ0v) is 7.78. The zero-order valence-electron chi connectivity index (χ0n) is 6.97. The third kappa shape index (κ3) is 1.38. The summed E-state index contributed by atoms with van der Waals surface area (Å²) in [5.74, 6) is 0.303. The molecule has 0 unspecified atom stereocenters. The Balaban J connectivity index is 2.39. The van der Waals surface area contributed by atoms with Gasteiger partial charge >= 0.3 is 0 Å². The average molecular weight is 193 g/mol. The van der Waals surface area contributed by atoms with Crippen molar-refractivity contribution in [3.8, 4) is 0 Å². The molecule has 0 atom stereocenters. The Labute approximate surface area is 78.8 Å². The minimum atomic E-state index is -0.0741. The second-order valence-electron chi connectivity index (χ2n) is 2.51. The fourth-order valence-electron chi connectivity index (χ4n) is 1.02. The molecule has 0 aliphatic heterocycles. The Kier molecular flexibility index (Phi) is 1.94. The van der Waals surface area contributed by atoms with Gasteiger partial charge in [0.25, 0.3) is 0 Å². The standard InChI is InChI=1S/C8H7N3OS/c1-11-8(9-5-10-11)7(12)6-3-2-4-13-6/h2-5H,1H3. The summed E-state index contributed by atoms with van der Waals surface area (Å²) in [4.78, 5) is 16.2. The Morgan fingerprint density at radius 2 is 2.46 bits per heavy atom. The van der Waals surface area contributed by atoms with Crippen molar-refractivity contribution >= 4 is 17.1 Å². The Morgan fingerprint density at radius 3 is 3.00 bits per heavy atom. The maximum atomic E-state index is 11.7. The van der Waals surface area contributed by atoms with Gasteiger partial charge in [0.05, 0.1) is 4.88 Å². The van der Waals surface area contributed by atoms with Crippen LogP contribution in [0.15, 0.2) is 23.8 Å². The highest BCUT2D eigenvalue weighted by molar-refractivity contribution is 7.12. The van der Waals surface area contributed by atoms with Crippen molar-refractivity contribution in [2.45, 2.75) is 0 Å². The minimum Gasteiger partial charge on any atom is -0.284 e. The third-order valence-electron chi connectivity index (χ3n) is 1.66. The van der Waals surface area contributed by atoms with E-state index in [1.165, 1.54) is 22.3 Å². The van der Waals surface area contributed by atoms with Crippen LogP contribution in [0.1, 0.15) is 15.5 Å². The molecule has 0 N–H and O–H groups in total. The number of aromatic nitrogens is 3. The van der Waals surface area contributed by atoms with Gasteiger partial charge in [0.2, 0.25) is 5.78 Å². The smallest absolute Gasteiger partial charge is 0.239 e.